The number of carbonyl (C=O) groups is 3. The quantitative estimate of drug-likeness (QED) is 0.405. The molecule has 2 amide bonds. The van der Waals surface area contributed by atoms with E-state index in [2.05, 4.69) is 0 Å². The van der Waals surface area contributed by atoms with E-state index < -0.39 is 36.7 Å². The first-order valence-electron chi connectivity index (χ1n) is 11.1. The molecule has 2 fully saturated rings. The van der Waals surface area contributed by atoms with Crippen molar-refractivity contribution in [1.29, 1.82) is 0 Å². The summed E-state index contributed by atoms with van der Waals surface area (Å²) in [5.41, 5.74) is 6.82. The Balaban J connectivity index is 1.50. The lowest BCUT2D eigenvalue weighted by Crippen LogP contribution is -2.53. The molecule has 0 bridgehead atoms. The molecule has 12 heteroatoms. The molecule has 12 nitrogen and oxygen atoms in total. The number of nitrogens with zero attached hydrogens (tertiary/aromatic N) is 2. The van der Waals surface area contributed by atoms with E-state index in [1.165, 1.54) is 6.07 Å². The van der Waals surface area contributed by atoms with Crippen LogP contribution in [-0.2, 0) is 25.7 Å². The van der Waals surface area contributed by atoms with Gasteiger partial charge in [0.1, 0.15) is 18.5 Å². The lowest BCUT2D eigenvalue weighted by molar-refractivity contribution is -0.228. The molecule has 2 aliphatic heterocycles. The number of piperazine rings is 1. The molecular weight excluding hydrogens is 450 g/mol. The van der Waals surface area contributed by atoms with Crippen LogP contribution in [0, 0.1) is 5.92 Å². The molecule has 0 spiro atoms. The summed E-state index contributed by atoms with van der Waals surface area (Å²) in [6.07, 6.45) is -6.26. The average molecular weight is 482 g/mol. The summed E-state index contributed by atoms with van der Waals surface area (Å²) < 4.78 is 16.1. The molecule has 188 valence electrons. The molecule has 2 saturated heterocycles. The predicted octanol–water partition coefficient (Wildman–Crippen LogP) is 0.00580. The van der Waals surface area contributed by atoms with Crippen molar-refractivity contribution in [2.45, 2.75) is 51.5 Å². The number of nitrogens with two attached hydrogens (primary N) is 1. The second-order valence-electron chi connectivity index (χ2n) is 8.63. The number of amides is 2. The number of nitrogen functional groups attached to an aromatic ring is 1. The Kier molecular flexibility index (Phi) is 8.18. The minimum atomic E-state index is -1.63. The fraction of sp³-hybridized carbons (Fsp3) is 0.591. The first kappa shape index (κ1) is 25.5. The summed E-state index contributed by atoms with van der Waals surface area (Å²) in [6, 6.07) is 4.69. The topological polar surface area (TPSA) is 172 Å². The van der Waals surface area contributed by atoms with Gasteiger partial charge in [0.25, 0.3) is 0 Å². The number of carbonyl (C=O) groups excluding carboxylic acids is 2. The third-order valence-corrected chi connectivity index (χ3v) is 5.72. The number of aliphatic carboxylic acids is 1. The number of hydrogen-bond acceptors (Lipinski definition) is 9. The largest absolute Gasteiger partial charge is 0.479 e. The van der Waals surface area contributed by atoms with Gasteiger partial charge in [-0.2, -0.15) is 0 Å². The van der Waals surface area contributed by atoms with Crippen molar-refractivity contribution in [3.8, 4) is 5.75 Å². The van der Waals surface area contributed by atoms with Crippen molar-refractivity contribution >= 4 is 23.7 Å². The van der Waals surface area contributed by atoms with Gasteiger partial charge in [-0.15, -0.1) is 0 Å². The van der Waals surface area contributed by atoms with Gasteiger partial charge in [0.15, 0.2) is 6.10 Å². The fourth-order valence-electron chi connectivity index (χ4n) is 3.77. The summed E-state index contributed by atoms with van der Waals surface area (Å²) in [7, 11) is 0. The van der Waals surface area contributed by atoms with Gasteiger partial charge in [0.2, 0.25) is 12.2 Å². The molecule has 0 saturated carbocycles. The number of rotatable bonds is 6. The first-order valence-corrected chi connectivity index (χ1v) is 11.1. The summed E-state index contributed by atoms with van der Waals surface area (Å²) in [6.45, 7) is 5.37. The van der Waals surface area contributed by atoms with Gasteiger partial charge >= 0.3 is 12.1 Å². The number of aliphatic hydroxyl groups is 2. The van der Waals surface area contributed by atoms with Crippen LogP contribution in [0.3, 0.4) is 0 Å². The van der Waals surface area contributed by atoms with Crippen LogP contribution < -0.4 is 10.5 Å². The monoisotopic (exact) mass is 481 g/mol. The third-order valence-electron chi connectivity index (χ3n) is 5.72. The maximum atomic E-state index is 12.4. The van der Waals surface area contributed by atoms with Crippen LogP contribution in [0.2, 0.25) is 0 Å². The van der Waals surface area contributed by atoms with E-state index >= 15 is 0 Å². The lowest BCUT2D eigenvalue weighted by Gasteiger charge is -2.35. The third kappa shape index (κ3) is 6.07. The van der Waals surface area contributed by atoms with Crippen molar-refractivity contribution in [2.75, 3.05) is 31.9 Å². The van der Waals surface area contributed by atoms with Crippen molar-refractivity contribution in [1.82, 2.24) is 9.80 Å². The molecule has 2 aliphatic rings. The van der Waals surface area contributed by atoms with Gasteiger partial charge in [-0.1, -0.05) is 19.9 Å². The van der Waals surface area contributed by atoms with Gasteiger partial charge < -0.3 is 45.1 Å². The number of anilines is 1. The number of ether oxygens (including phenoxy) is 3. The second-order valence-corrected chi connectivity index (χ2v) is 8.63. The zero-order chi connectivity index (χ0) is 25.0. The van der Waals surface area contributed by atoms with E-state index in [9.17, 15) is 24.6 Å². The Bertz CT molecular complexity index is 902. The highest BCUT2D eigenvalue weighted by atomic mass is 16.7. The summed E-state index contributed by atoms with van der Waals surface area (Å²) in [5.74, 6) is -1.25. The molecule has 0 radical (unpaired) electrons. The van der Waals surface area contributed by atoms with Crippen LogP contribution >= 0.6 is 0 Å². The standard InChI is InChI=1S/C22H31N3O9/c1-12(2)20(28)24-5-7-25(8-6-24)22(31)32-11-13-3-4-16(14(23)9-13)33-17-10-15(26)18(27)19(34-17)21(29)30/h3-4,9,12,15,17-19,26-27H,5-8,10-11,23H2,1-2H3,(H,29,30)/t15-,17-,18+,19+/m1/s1. The minimum absolute atomic E-state index is 0.0274. The maximum Gasteiger partial charge on any atom is 0.410 e. The van der Waals surface area contributed by atoms with Crippen LogP contribution in [0.4, 0.5) is 10.5 Å². The molecule has 4 atom stereocenters. The van der Waals surface area contributed by atoms with E-state index in [1.807, 2.05) is 13.8 Å². The Labute approximate surface area is 196 Å². The van der Waals surface area contributed by atoms with Crippen molar-refractivity contribution in [3.05, 3.63) is 23.8 Å². The highest BCUT2D eigenvalue weighted by Gasteiger charge is 2.42. The van der Waals surface area contributed by atoms with E-state index in [0.29, 0.717) is 31.7 Å². The number of carboxylic acid groups (broad SMARTS) is 1. The zero-order valence-corrected chi connectivity index (χ0v) is 19.1. The summed E-state index contributed by atoms with van der Waals surface area (Å²) >= 11 is 0. The molecule has 5 N–H and O–H groups in total. The van der Waals surface area contributed by atoms with E-state index in [0.717, 1.165) is 0 Å². The highest BCUT2D eigenvalue weighted by Crippen LogP contribution is 2.28. The van der Waals surface area contributed by atoms with Crippen LogP contribution in [0.15, 0.2) is 18.2 Å². The van der Waals surface area contributed by atoms with Gasteiger partial charge in [-0.3, -0.25) is 4.79 Å². The molecule has 0 unspecified atom stereocenters. The van der Waals surface area contributed by atoms with Crippen LogP contribution in [-0.4, -0.2) is 93.9 Å². The molecule has 0 aromatic heterocycles. The van der Waals surface area contributed by atoms with Gasteiger partial charge in [0.05, 0.1) is 11.8 Å². The van der Waals surface area contributed by atoms with Crippen LogP contribution in [0.1, 0.15) is 25.8 Å². The lowest BCUT2D eigenvalue weighted by atomic mass is 10.0. The van der Waals surface area contributed by atoms with Crippen LogP contribution in [0.5, 0.6) is 5.75 Å². The van der Waals surface area contributed by atoms with E-state index in [-0.39, 0.29) is 36.3 Å². The predicted molar refractivity (Wildman–Crippen MR) is 118 cm³/mol. The Morgan fingerprint density at radius 1 is 1.15 bits per heavy atom. The number of carboxylic acids is 1. The second kappa shape index (κ2) is 10.9. The molecular formula is C22H31N3O9. The number of aliphatic hydroxyl groups excluding tert-OH is 2. The van der Waals surface area contributed by atoms with Gasteiger partial charge in [-0.05, 0) is 17.7 Å². The average Bonchev–Trinajstić information content (AvgIpc) is 2.80. The summed E-state index contributed by atoms with van der Waals surface area (Å²) in [4.78, 5) is 38.9. The minimum Gasteiger partial charge on any atom is -0.479 e. The Hall–Kier alpha value is -3.09. The highest BCUT2D eigenvalue weighted by molar-refractivity contribution is 5.78. The van der Waals surface area contributed by atoms with E-state index in [4.69, 9.17) is 25.1 Å². The molecule has 3 rings (SSSR count). The number of benzene rings is 1. The zero-order valence-electron chi connectivity index (χ0n) is 19.1. The molecule has 1 aromatic carbocycles. The van der Waals surface area contributed by atoms with Crippen LogP contribution in [0.25, 0.3) is 0 Å². The molecule has 0 aliphatic carbocycles. The number of hydrogen-bond donors (Lipinski definition) is 4. The van der Waals surface area contributed by atoms with E-state index in [1.54, 1.807) is 21.9 Å². The van der Waals surface area contributed by atoms with Crippen molar-refractivity contribution < 1.29 is 43.9 Å². The van der Waals surface area contributed by atoms with Gasteiger partial charge in [-0.25, -0.2) is 9.59 Å². The smallest absolute Gasteiger partial charge is 0.410 e. The van der Waals surface area contributed by atoms with Crippen molar-refractivity contribution in [2.24, 2.45) is 5.92 Å². The summed E-state index contributed by atoms with van der Waals surface area (Å²) in [5, 5.41) is 28.7. The molecule has 34 heavy (non-hydrogen) atoms. The normalized spacial score (nSPS) is 25.2. The first-order chi connectivity index (χ1) is 16.1. The van der Waals surface area contributed by atoms with Gasteiger partial charge in [0, 0.05) is 38.5 Å². The van der Waals surface area contributed by atoms with Crippen molar-refractivity contribution in [3.63, 3.8) is 0 Å². The fourth-order valence-corrected chi connectivity index (χ4v) is 3.77. The Morgan fingerprint density at radius 3 is 2.38 bits per heavy atom. The Morgan fingerprint density at radius 2 is 1.79 bits per heavy atom. The molecule has 2 heterocycles. The SMILES string of the molecule is CC(C)C(=O)N1CCN(C(=O)OCc2ccc(O[C@H]3C[C@@H](O)[C@H](O)[C@@H](C(=O)O)O3)c(N)c2)CC1. The maximum absolute atomic E-state index is 12.4. The molecule has 1 aromatic rings.